The van der Waals surface area contributed by atoms with Gasteiger partial charge in [0.2, 0.25) is 0 Å². The Kier molecular flexibility index (Phi) is 4.13. The van der Waals surface area contributed by atoms with Crippen LogP contribution in [-0.4, -0.2) is 30.9 Å². The van der Waals surface area contributed by atoms with E-state index in [9.17, 15) is 14.9 Å². The molecule has 0 bridgehead atoms. The number of hydrogen-bond donors (Lipinski definition) is 0. The van der Waals surface area contributed by atoms with E-state index in [2.05, 4.69) is 15.4 Å². The molecule has 2 atom stereocenters. The van der Waals surface area contributed by atoms with E-state index in [1.807, 2.05) is 47.8 Å². The smallest absolute Gasteiger partial charge is 0.390 e. The van der Waals surface area contributed by atoms with Gasteiger partial charge < -0.3 is 10.1 Å². The molecule has 2 heterocycles. The van der Waals surface area contributed by atoms with Crippen molar-refractivity contribution in [3.8, 4) is 0 Å². The number of aromatic nitrogens is 4. The van der Waals surface area contributed by atoms with Crippen molar-refractivity contribution in [2.45, 2.75) is 18.4 Å². The first kappa shape index (κ1) is 16.3. The Bertz CT molecular complexity index is 981. The van der Waals surface area contributed by atoms with Crippen LogP contribution in [0.1, 0.15) is 28.8 Å². The van der Waals surface area contributed by atoms with Gasteiger partial charge in [-0.3, -0.25) is 4.79 Å². The van der Waals surface area contributed by atoms with Crippen LogP contribution in [0.2, 0.25) is 0 Å². The topological polar surface area (TPSA) is 104 Å². The SMILES string of the molecule is O=C1C=C(c2ccccc2)C[C@H](c2cccs2)[C@H]1n1nnc([N+](=O)[O-])n1. The van der Waals surface area contributed by atoms with Crippen LogP contribution in [0.15, 0.2) is 53.9 Å². The van der Waals surface area contributed by atoms with Crippen molar-refractivity contribution in [2.75, 3.05) is 0 Å². The molecule has 0 radical (unpaired) electrons. The summed E-state index contributed by atoms with van der Waals surface area (Å²) in [7, 11) is 0. The summed E-state index contributed by atoms with van der Waals surface area (Å²) in [6.07, 6.45) is 2.19. The van der Waals surface area contributed by atoms with Crippen LogP contribution in [0.25, 0.3) is 5.57 Å². The van der Waals surface area contributed by atoms with Gasteiger partial charge in [-0.15, -0.1) is 11.3 Å². The standard InChI is InChI=1S/C17H13N5O3S/c23-14-10-12(11-5-2-1-3-6-11)9-13(15-7-4-8-26-15)16(14)21-19-17(18-20-21)22(24)25/h1-8,10,13,16H,9H2/t13-,16-/m1/s1. The van der Waals surface area contributed by atoms with Gasteiger partial charge >= 0.3 is 5.95 Å². The number of tetrazole rings is 1. The van der Waals surface area contributed by atoms with E-state index in [4.69, 9.17) is 0 Å². The second kappa shape index (κ2) is 6.60. The third kappa shape index (κ3) is 2.93. The fourth-order valence-electron chi connectivity index (χ4n) is 3.16. The third-order valence-electron chi connectivity index (χ3n) is 4.31. The summed E-state index contributed by atoms with van der Waals surface area (Å²) < 4.78 is 0. The number of allylic oxidation sites excluding steroid dienone is 2. The maximum absolute atomic E-state index is 12.9. The molecule has 1 aliphatic carbocycles. The summed E-state index contributed by atoms with van der Waals surface area (Å²) in [4.78, 5) is 25.1. The molecule has 0 saturated carbocycles. The van der Waals surface area contributed by atoms with Gasteiger partial charge in [-0.1, -0.05) is 41.2 Å². The van der Waals surface area contributed by atoms with Crippen molar-refractivity contribution in [2.24, 2.45) is 0 Å². The maximum Gasteiger partial charge on any atom is 0.514 e. The Morgan fingerprint density at radius 2 is 2.00 bits per heavy atom. The second-order valence-electron chi connectivity index (χ2n) is 5.88. The van der Waals surface area contributed by atoms with Crippen LogP contribution in [-0.2, 0) is 4.79 Å². The number of carbonyl (C=O) groups excluding carboxylic acids is 1. The molecule has 0 N–H and O–H groups in total. The molecular weight excluding hydrogens is 354 g/mol. The van der Waals surface area contributed by atoms with Gasteiger partial charge in [0.1, 0.15) is 0 Å². The predicted octanol–water partition coefficient (Wildman–Crippen LogP) is 3.02. The summed E-state index contributed by atoms with van der Waals surface area (Å²) in [5.41, 5.74) is 1.92. The van der Waals surface area contributed by atoms with Crippen molar-refractivity contribution < 1.29 is 9.72 Å². The Balaban J connectivity index is 1.77. The quantitative estimate of drug-likeness (QED) is 0.518. The summed E-state index contributed by atoms with van der Waals surface area (Å²) in [5.74, 6) is -1.02. The van der Waals surface area contributed by atoms with Gasteiger partial charge in [0.05, 0.1) is 10.2 Å². The highest BCUT2D eigenvalue weighted by molar-refractivity contribution is 7.10. The molecule has 2 aromatic heterocycles. The zero-order valence-electron chi connectivity index (χ0n) is 13.4. The first-order valence-corrected chi connectivity index (χ1v) is 8.78. The van der Waals surface area contributed by atoms with Crippen molar-refractivity contribution in [3.63, 3.8) is 0 Å². The van der Waals surface area contributed by atoms with E-state index in [0.29, 0.717) is 6.42 Å². The number of hydrogen-bond acceptors (Lipinski definition) is 7. The molecule has 0 fully saturated rings. The van der Waals surface area contributed by atoms with Crippen LogP contribution >= 0.6 is 11.3 Å². The van der Waals surface area contributed by atoms with E-state index in [-0.39, 0.29) is 11.7 Å². The van der Waals surface area contributed by atoms with Gasteiger partial charge in [0.15, 0.2) is 11.8 Å². The fourth-order valence-corrected chi connectivity index (χ4v) is 4.02. The third-order valence-corrected chi connectivity index (χ3v) is 5.32. The van der Waals surface area contributed by atoms with Gasteiger partial charge in [0.25, 0.3) is 0 Å². The number of benzene rings is 1. The van der Waals surface area contributed by atoms with E-state index in [1.54, 1.807) is 6.08 Å². The lowest BCUT2D eigenvalue weighted by atomic mass is 9.80. The zero-order valence-corrected chi connectivity index (χ0v) is 14.2. The van der Waals surface area contributed by atoms with Crippen LogP contribution < -0.4 is 0 Å². The minimum atomic E-state index is -0.748. The summed E-state index contributed by atoms with van der Waals surface area (Å²) in [5, 5.41) is 23.8. The second-order valence-corrected chi connectivity index (χ2v) is 6.86. The van der Waals surface area contributed by atoms with E-state index in [1.165, 1.54) is 11.3 Å². The highest BCUT2D eigenvalue weighted by Gasteiger charge is 2.39. The summed E-state index contributed by atoms with van der Waals surface area (Å²) in [6, 6.07) is 12.8. The van der Waals surface area contributed by atoms with Gasteiger partial charge in [-0.25, -0.2) is 0 Å². The molecule has 0 aliphatic heterocycles. The lowest BCUT2D eigenvalue weighted by Crippen LogP contribution is -2.30. The Morgan fingerprint density at radius 1 is 1.19 bits per heavy atom. The molecule has 0 unspecified atom stereocenters. The van der Waals surface area contributed by atoms with Crippen LogP contribution in [0.4, 0.5) is 5.95 Å². The Morgan fingerprint density at radius 3 is 2.65 bits per heavy atom. The number of thiophene rings is 1. The summed E-state index contributed by atoms with van der Waals surface area (Å²) in [6.45, 7) is 0. The van der Waals surface area contributed by atoms with Crippen LogP contribution in [0, 0.1) is 10.1 Å². The van der Waals surface area contributed by atoms with Crippen molar-refractivity contribution in [1.82, 2.24) is 20.2 Å². The van der Waals surface area contributed by atoms with Gasteiger partial charge in [-0.05, 0) is 40.0 Å². The number of ketones is 1. The molecular formula is C17H13N5O3S. The zero-order chi connectivity index (χ0) is 18.1. The predicted molar refractivity (Wildman–Crippen MR) is 94.6 cm³/mol. The van der Waals surface area contributed by atoms with E-state index >= 15 is 0 Å². The van der Waals surface area contributed by atoms with Crippen LogP contribution in [0.3, 0.4) is 0 Å². The molecule has 0 spiro atoms. The highest BCUT2D eigenvalue weighted by Crippen LogP contribution is 2.43. The van der Waals surface area contributed by atoms with Crippen molar-refractivity contribution >= 4 is 28.6 Å². The lowest BCUT2D eigenvalue weighted by molar-refractivity contribution is -0.394. The molecule has 8 nitrogen and oxygen atoms in total. The minimum absolute atomic E-state index is 0.194. The fraction of sp³-hybridized carbons (Fsp3) is 0.176. The van der Waals surface area contributed by atoms with Crippen molar-refractivity contribution in [3.05, 3.63) is 74.5 Å². The number of nitrogens with zero attached hydrogens (tertiary/aromatic N) is 5. The molecule has 3 aromatic rings. The molecule has 4 rings (SSSR count). The van der Waals surface area contributed by atoms with E-state index < -0.39 is 16.9 Å². The van der Waals surface area contributed by atoms with Gasteiger partial charge in [-0.2, -0.15) is 0 Å². The molecule has 1 aromatic carbocycles. The number of rotatable bonds is 4. The Hall–Kier alpha value is -3.20. The average Bonchev–Trinajstić information content (AvgIpc) is 3.34. The molecule has 0 saturated heterocycles. The molecule has 9 heteroatoms. The summed E-state index contributed by atoms with van der Waals surface area (Å²) >= 11 is 1.54. The maximum atomic E-state index is 12.9. The lowest BCUT2D eigenvalue weighted by Gasteiger charge is -2.27. The van der Waals surface area contributed by atoms with Crippen molar-refractivity contribution in [1.29, 1.82) is 0 Å². The first-order valence-electron chi connectivity index (χ1n) is 7.90. The molecule has 26 heavy (non-hydrogen) atoms. The van der Waals surface area contributed by atoms with Gasteiger partial charge in [0, 0.05) is 16.0 Å². The number of nitro groups is 1. The monoisotopic (exact) mass is 367 g/mol. The highest BCUT2D eigenvalue weighted by atomic mass is 32.1. The minimum Gasteiger partial charge on any atom is -0.390 e. The first-order chi connectivity index (χ1) is 12.6. The molecule has 130 valence electrons. The number of carbonyl (C=O) groups is 1. The normalized spacial score (nSPS) is 20.0. The van der Waals surface area contributed by atoms with E-state index in [0.717, 1.165) is 20.8 Å². The largest absolute Gasteiger partial charge is 0.514 e. The molecule has 1 aliphatic rings. The molecule has 0 amide bonds. The average molecular weight is 367 g/mol. The van der Waals surface area contributed by atoms with Crippen LogP contribution in [0.5, 0.6) is 0 Å². The Labute approximate surface area is 151 Å².